The van der Waals surface area contributed by atoms with Crippen molar-refractivity contribution in [3.63, 3.8) is 0 Å². The Labute approximate surface area is 143 Å². The molecule has 0 amide bonds. The predicted molar refractivity (Wildman–Crippen MR) is 92.2 cm³/mol. The smallest absolute Gasteiger partial charge is 0.323 e. The van der Waals surface area contributed by atoms with E-state index < -0.39 is 5.97 Å². The number of carboxylic acid groups (broad SMARTS) is 1. The highest BCUT2D eigenvalue weighted by atomic mass is 16.4. The van der Waals surface area contributed by atoms with E-state index in [2.05, 4.69) is 11.1 Å². The van der Waals surface area contributed by atoms with Gasteiger partial charge in [0.05, 0.1) is 22.5 Å². The molecule has 3 aromatic rings. The highest BCUT2D eigenvalue weighted by molar-refractivity contribution is 5.79. The van der Waals surface area contributed by atoms with Crippen LogP contribution in [0.3, 0.4) is 0 Å². The maximum absolute atomic E-state index is 12.2. The molecule has 1 heterocycles. The summed E-state index contributed by atoms with van der Waals surface area (Å²) < 4.78 is 1.56. The molecule has 0 spiro atoms. The second kappa shape index (κ2) is 6.97. The topological polar surface area (TPSA) is 96.0 Å². The zero-order valence-corrected chi connectivity index (χ0v) is 13.3. The first-order valence-electron chi connectivity index (χ1n) is 7.78. The Hall–Kier alpha value is -3.46. The number of hydrogen-bond donors (Lipinski definition) is 1. The molecule has 3 rings (SSSR count). The van der Waals surface area contributed by atoms with Crippen LogP contribution in [0.15, 0.2) is 53.3 Å². The minimum Gasteiger partial charge on any atom is -0.480 e. The van der Waals surface area contributed by atoms with E-state index in [1.165, 1.54) is 0 Å². The van der Waals surface area contributed by atoms with Crippen LogP contribution in [0, 0.1) is 11.3 Å². The van der Waals surface area contributed by atoms with Gasteiger partial charge in [0.2, 0.25) is 0 Å². The molecule has 0 unspecified atom stereocenters. The molecular weight excluding hydrogens is 318 g/mol. The van der Waals surface area contributed by atoms with Gasteiger partial charge in [-0.25, -0.2) is 0 Å². The van der Waals surface area contributed by atoms with Crippen LogP contribution in [0.25, 0.3) is 10.9 Å². The van der Waals surface area contributed by atoms with Crippen LogP contribution < -0.4 is 5.56 Å². The number of carbonyl (C=O) groups is 1. The summed E-state index contributed by atoms with van der Waals surface area (Å²) in [5.74, 6) is -0.572. The Bertz CT molecular complexity index is 1050. The monoisotopic (exact) mass is 333 g/mol. The van der Waals surface area contributed by atoms with Crippen LogP contribution in [0.5, 0.6) is 0 Å². The first kappa shape index (κ1) is 16.4. The first-order valence-corrected chi connectivity index (χ1v) is 7.78. The molecule has 0 bridgehead atoms. The van der Waals surface area contributed by atoms with Gasteiger partial charge in [-0.2, -0.15) is 10.2 Å². The van der Waals surface area contributed by atoms with Gasteiger partial charge in [-0.3, -0.25) is 9.59 Å². The number of aliphatic carboxylic acids is 1. The predicted octanol–water partition coefficient (Wildman–Crippen LogP) is 2.14. The molecule has 6 heteroatoms. The van der Waals surface area contributed by atoms with Gasteiger partial charge in [-0.1, -0.05) is 24.3 Å². The Morgan fingerprint density at radius 3 is 2.72 bits per heavy atom. The molecule has 25 heavy (non-hydrogen) atoms. The molecule has 0 atom stereocenters. The van der Waals surface area contributed by atoms with E-state index in [1.807, 2.05) is 6.07 Å². The number of carboxylic acids is 1. The summed E-state index contributed by atoms with van der Waals surface area (Å²) in [6.07, 6.45) is 0.960. The maximum atomic E-state index is 12.2. The zero-order valence-electron chi connectivity index (χ0n) is 13.3. The van der Waals surface area contributed by atoms with Crippen molar-refractivity contribution in [1.29, 1.82) is 5.26 Å². The molecule has 0 fully saturated rings. The van der Waals surface area contributed by atoms with Crippen LogP contribution in [0.4, 0.5) is 0 Å². The van der Waals surface area contributed by atoms with Crippen LogP contribution in [-0.4, -0.2) is 20.6 Å². The minimum atomic E-state index is -0.997. The molecule has 0 aliphatic carbocycles. The number of aromatic nitrogens is 2. The highest BCUT2D eigenvalue weighted by Gasteiger charge is 2.13. The number of rotatable bonds is 5. The van der Waals surface area contributed by atoms with Crippen molar-refractivity contribution in [2.75, 3.05) is 0 Å². The van der Waals surface area contributed by atoms with E-state index >= 15 is 0 Å². The average Bonchev–Trinajstić information content (AvgIpc) is 2.62. The maximum Gasteiger partial charge on any atom is 0.323 e. The molecular formula is C19H15N3O3. The summed E-state index contributed by atoms with van der Waals surface area (Å²) in [5.41, 5.74) is 1.69. The van der Waals surface area contributed by atoms with Crippen molar-refractivity contribution in [1.82, 2.24) is 9.55 Å². The van der Waals surface area contributed by atoms with Crippen LogP contribution >= 0.6 is 0 Å². The highest BCUT2D eigenvalue weighted by Crippen LogP contribution is 2.14. The normalized spacial score (nSPS) is 10.5. The van der Waals surface area contributed by atoms with E-state index in [-0.39, 0.29) is 12.1 Å². The van der Waals surface area contributed by atoms with E-state index in [4.69, 9.17) is 5.26 Å². The molecule has 0 radical (unpaired) electrons. The average molecular weight is 333 g/mol. The number of para-hydroxylation sites is 1. The number of aryl methyl sites for hydroxylation is 2. The van der Waals surface area contributed by atoms with Gasteiger partial charge in [0.1, 0.15) is 12.4 Å². The Morgan fingerprint density at radius 2 is 1.96 bits per heavy atom. The third-order valence-electron chi connectivity index (χ3n) is 3.95. The van der Waals surface area contributed by atoms with Gasteiger partial charge in [-0.15, -0.1) is 0 Å². The standard InChI is InChI=1S/C19H15N3O3/c20-11-14-5-3-4-13(10-14)8-9-17-21-19(25)15-6-1-2-7-16(15)22(17)12-18(23)24/h1-7,10H,8-9,12H2,(H,23,24). The first-order chi connectivity index (χ1) is 12.1. The van der Waals surface area contributed by atoms with Crippen LogP contribution in [0.1, 0.15) is 17.0 Å². The lowest BCUT2D eigenvalue weighted by Gasteiger charge is -2.14. The molecule has 0 saturated carbocycles. The summed E-state index contributed by atoms with van der Waals surface area (Å²) in [6, 6.07) is 16.1. The lowest BCUT2D eigenvalue weighted by Crippen LogP contribution is -2.22. The number of nitriles is 1. The van der Waals surface area contributed by atoms with E-state index in [1.54, 1.807) is 47.0 Å². The summed E-state index contributed by atoms with van der Waals surface area (Å²) in [7, 11) is 0. The largest absolute Gasteiger partial charge is 0.480 e. The fourth-order valence-electron chi connectivity index (χ4n) is 2.82. The molecule has 0 saturated heterocycles. The second-order valence-corrected chi connectivity index (χ2v) is 5.64. The van der Waals surface area contributed by atoms with Crippen LogP contribution in [-0.2, 0) is 24.2 Å². The van der Waals surface area contributed by atoms with Crippen molar-refractivity contribution in [3.05, 3.63) is 75.8 Å². The summed E-state index contributed by atoms with van der Waals surface area (Å²) in [5, 5.41) is 18.6. The van der Waals surface area contributed by atoms with E-state index in [0.29, 0.717) is 35.1 Å². The van der Waals surface area contributed by atoms with Crippen molar-refractivity contribution in [3.8, 4) is 6.07 Å². The fraction of sp³-hybridized carbons (Fsp3) is 0.158. The quantitative estimate of drug-likeness (QED) is 0.771. The number of fused-ring (bicyclic) bond motifs is 1. The van der Waals surface area contributed by atoms with Gasteiger partial charge in [-0.05, 0) is 36.2 Å². The third kappa shape index (κ3) is 3.56. The number of nitrogens with zero attached hydrogens (tertiary/aromatic N) is 3. The summed E-state index contributed by atoms with van der Waals surface area (Å²) in [6.45, 7) is -0.263. The Balaban J connectivity index is 2.01. The van der Waals surface area contributed by atoms with Crippen LogP contribution in [0.2, 0.25) is 0 Å². The van der Waals surface area contributed by atoms with Crippen molar-refractivity contribution in [2.45, 2.75) is 19.4 Å². The van der Waals surface area contributed by atoms with E-state index in [0.717, 1.165) is 5.56 Å². The van der Waals surface area contributed by atoms with Gasteiger partial charge < -0.3 is 9.67 Å². The molecule has 0 aliphatic heterocycles. The second-order valence-electron chi connectivity index (χ2n) is 5.64. The van der Waals surface area contributed by atoms with Gasteiger partial charge in [0.15, 0.2) is 0 Å². The van der Waals surface area contributed by atoms with Gasteiger partial charge in [0, 0.05) is 6.42 Å². The van der Waals surface area contributed by atoms with Crippen molar-refractivity contribution < 1.29 is 9.90 Å². The van der Waals surface area contributed by atoms with E-state index in [9.17, 15) is 14.7 Å². The summed E-state index contributed by atoms with van der Waals surface area (Å²) >= 11 is 0. The van der Waals surface area contributed by atoms with Gasteiger partial charge in [0.25, 0.3) is 5.56 Å². The zero-order chi connectivity index (χ0) is 17.8. The molecule has 2 aromatic carbocycles. The molecule has 1 N–H and O–H groups in total. The van der Waals surface area contributed by atoms with Crippen molar-refractivity contribution >= 4 is 16.9 Å². The third-order valence-corrected chi connectivity index (χ3v) is 3.95. The lowest BCUT2D eigenvalue weighted by molar-refractivity contribution is -0.137. The molecule has 1 aromatic heterocycles. The number of benzene rings is 2. The molecule has 0 aliphatic rings. The lowest BCUT2D eigenvalue weighted by atomic mass is 10.1. The van der Waals surface area contributed by atoms with Crippen molar-refractivity contribution in [2.24, 2.45) is 0 Å². The molecule has 6 nitrogen and oxygen atoms in total. The fourth-order valence-corrected chi connectivity index (χ4v) is 2.82. The number of hydrogen-bond acceptors (Lipinski definition) is 4. The summed E-state index contributed by atoms with van der Waals surface area (Å²) in [4.78, 5) is 27.6. The molecule has 124 valence electrons. The van der Waals surface area contributed by atoms with Gasteiger partial charge >= 0.3 is 5.97 Å². The Kier molecular flexibility index (Phi) is 4.57. The Morgan fingerprint density at radius 1 is 1.16 bits per heavy atom. The SMILES string of the molecule is N#Cc1cccc(CCc2nc(=O)c3ccccc3n2CC(=O)O)c1. The minimum absolute atomic E-state index is 0.263.